The monoisotopic (exact) mass is 470 g/mol. The number of aryl methyl sites for hydroxylation is 5. The van der Waals surface area contributed by atoms with Crippen LogP contribution in [0.1, 0.15) is 50.1 Å². The maximum Gasteiger partial charge on any atom is 0.0588 e. The number of rotatable bonds is 3. The molecule has 0 radical (unpaired) electrons. The van der Waals surface area contributed by atoms with Crippen LogP contribution >= 0.6 is 7.92 Å². The fourth-order valence-electron chi connectivity index (χ4n) is 5.96. The van der Waals surface area contributed by atoms with E-state index in [1.807, 2.05) is 0 Å². The Kier molecular flexibility index (Phi) is 5.21. The summed E-state index contributed by atoms with van der Waals surface area (Å²) in [5, 5.41) is 4.50. The second kappa shape index (κ2) is 8.18. The average molecular weight is 471 g/mol. The Balaban J connectivity index is 1.72. The largest absolute Gasteiger partial charge is 0.0622 e. The molecule has 0 amide bonds. The predicted octanol–water partition coefficient (Wildman–Crippen LogP) is 8.73. The summed E-state index contributed by atoms with van der Waals surface area (Å²) in [6.45, 7) is 11.1. The molecule has 0 spiro atoms. The minimum absolute atomic E-state index is 0.279. The first-order valence-electron chi connectivity index (χ1n) is 12.5. The molecule has 1 heteroatoms. The van der Waals surface area contributed by atoms with Gasteiger partial charge in [-0.05, 0) is 91.9 Å². The van der Waals surface area contributed by atoms with Crippen molar-refractivity contribution < 1.29 is 0 Å². The molecule has 0 aromatic heterocycles. The molecule has 4 aromatic carbocycles. The average Bonchev–Trinajstić information content (AvgIpc) is 2.84. The molecule has 7 rings (SSSR count). The van der Waals surface area contributed by atoms with Crippen molar-refractivity contribution in [2.24, 2.45) is 0 Å². The van der Waals surface area contributed by atoms with Gasteiger partial charge in [-0.2, -0.15) is 0 Å². The van der Waals surface area contributed by atoms with Gasteiger partial charge in [0.25, 0.3) is 0 Å². The van der Waals surface area contributed by atoms with Gasteiger partial charge in [0.05, 0.1) is 5.41 Å². The molecule has 4 aromatic rings. The van der Waals surface area contributed by atoms with Crippen molar-refractivity contribution in [1.29, 1.82) is 0 Å². The number of hydrogen-bond acceptors (Lipinski definition) is 0. The van der Waals surface area contributed by atoms with Crippen molar-refractivity contribution in [2.75, 3.05) is 0 Å². The summed E-state index contributed by atoms with van der Waals surface area (Å²) >= 11 is 0. The fraction of sp³-hybridized carbons (Fsp3) is 0.176. The molecule has 0 atom stereocenters. The second-order valence-corrected chi connectivity index (χ2v) is 12.4. The van der Waals surface area contributed by atoms with Gasteiger partial charge in [-0.25, -0.2) is 0 Å². The van der Waals surface area contributed by atoms with Crippen molar-refractivity contribution in [3.8, 4) is 0 Å². The molecular formula is C34H31P. The van der Waals surface area contributed by atoms with E-state index in [9.17, 15) is 0 Å². The van der Waals surface area contributed by atoms with E-state index in [0.29, 0.717) is 0 Å². The molecular weight excluding hydrogens is 439 g/mol. The molecule has 172 valence electrons. The van der Waals surface area contributed by atoms with Crippen molar-refractivity contribution in [1.82, 2.24) is 0 Å². The molecule has 3 aliphatic heterocycles. The van der Waals surface area contributed by atoms with Crippen LogP contribution in [0.15, 0.2) is 97.1 Å². The second-order valence-electron chi connectivity index (χ2n) is 10.3. The van der Waals surface area contributed by atoms with Gasteiger partial charge >= 0.3 is 0 Å². The Bertz CT molecular complexity index is 1470. The highest BCUT2D eigenvalue weighted by Crippen LogP contribution is 2.70. The summed E-state index contributed by atoms with van der Waals surface area (Å²) in [5.41, 5.74) is 12.0. The van der Waals surface area contributed by atoms with E-state index < -0.39 is 7.92 Å². The molecule has 0 unspecified atom stereocenters. The van der Waals surface area contributed by atoms with Crippen molar-refractivity contribution in [3.63, 3.8) is 0 Å². The van der Waals surface area contributed by atoms with Gasteiger partial charge in [-0.3, -0.25) is 0 Å². The van der Waals surface area contributed by atoms with Crippen LogP contribution in [0.2, 0.25) is 0 Å². The van der Waals surface area contributed by atoms with Crippen molar-refractivity contribution >= 4 is 23.9 Å². The van der Waals surface area contributed by atoms with E-state index in [1.54, 1.807) is 0 Å². The first kappa shape index (κ1) is 22.3. The molecule has 0 aliphatic carbocycles. The van der Waals surface area contributed by atoms with Crippen LogP contribution in [-0.2, 0) is 5.41 Å². The topological polar surface area (TPSA) is 0 Å². The van der Waals surface area contributed by atoms with E-state index in [0.717, 1.165) is 0 Å². The van der Waals surface area contributed by atoms with Crippen LogP contribution < -0.4 is 5.30 Å². The quantitative estimate of drug-likeness (QED) is 0.263. The van der Waals surface area contributed by atoms with Crippen molar-refractivity contribution in [3.05, 3.63) is 147 Å². The van der Waals surface area contributed by atoms with Gasteiger partial charge in [-0.1, -0.05) is 114 Å². The third kappa shape index (κ3) is 3.47. The summed E-state index contributed by atoms with van der Waals surface area (Å²) in [7, 11) is -0.663. The van der Waals surface area contributed by atoms with Crippen LogP contribution in [0.5, 0.6) is 0 Å². The van der Waals surface area contributed by atoms with Gasteiger partial charge in [-0.15, -0.1) is 0 Å². The molecule has 0 saturated heterocycles. The molecule has 35 heavy (non-hydrogen) atoms. The molecule has 0 nitrogen and oxygen atoms in total. The number of benzene rings is 4. The zero-order valence-corrected chi connectivity index (χ0v) is 22.1. The number of hydrogen-bond donors (Lipinski definition) is 0. The minimum Gasteiger partial charge on any atom is -0.0622 e. The zero-order chi connectivity index (χ0) is 24.3. The lowest BCUT2D eigenvalue weighted by Gasteiger charge is -2.46. The van der Waals surface area contributed by atoms with Gasteiger partial charge < -0.3 is 0 Å². The Morgan fingerprint density at radius 1 is 0.543 bits per heavy atom. The highest BCUT2D eigenvalue weighted by molar-refractivity contribution is 7.84. The summed E-state index contributed by atoms with van der Waals surface area (Å²) in [4.78, 5) is 0. The molecule has 0 fully saturated rings. The van der Waals surface area contributed by atoms with Crippen LogP contribution in [-0.4, -0.2) is 0 Å². The standard InChI is InChI=1S/C34H31P/c1-22-11-14-28(25(4)17-22)32-20-34(27-9-7-6-8-10-27)21-33(29-15-12-23(2)18-26(29)5)35(32)31-16-13-24(3)19-30(31)34/h6-21H,1-5H3. The normalized spacial score (nSPS) is 20.3. The van der Waals surface area contributed by atoms with Gasteiger partial charge in [0, 0.05) is 0 Å². The first-order valence-corrected chi connectivity index (χ1v) is 13.8. The Labute approximate surface area is 210 Å². The lowest BCUT2D eigenvalue weighted by molar-refractivity contribution is 0.820. The van der Waals surface area contributed by atoms with Crippen LogP contribution in [0.3, 0.4) is 0 Å². The number of allylic oxidation sites excluding steroid dienone is 2. The van der Waals surface area contributed by atoms with E-state index >= 15 is 0 Å². The zero-order valence-electron chi connectivity index (χ0n) is 21.2. The maximum absolute atomic E-state index is 2.60. The summed E-state index contributed by atoms with van der Waals surface area (Å²) in [6.07, 6.45) is 5.20. The smallest absolute Gasteiger partial charge is 0.0588 e. The minimum atomic E-state index is -0.663. The van der Waals surface area contributed by atoms with Gasteiger partial charge in [0.2, 0.25) is 0 Å². The highest BCUT2D eigenvalue weighted by atomic mass is 31.1. The fourth-order valence-corrected chi connectivity index (χ4v) is 9.10. The van der Waals surface area contributed by atoms with E-state index in [2.05, 4.69) is 132 Å². The highest BCUT2D eigenvalue weighted by Gasteiger charge is 2.46. The Hall–Kier alpha value is -3.21. The Morgan fingerprint density at radius 2 is 1.06 bits per heavy atom. The predicted molar refractivity (Wildman–Crippen MR) is 153 cm³/mol. The van der Waals surface area contributed by atoms with Gasteiger partial charge in [0.15, 0.2) is 0 Å². The molecule has 3 heterocycles. The summed E-state index contributed by atoms with van der Waals surface area (Å²) in [5.74, 6) is 0. The van der Waals surface area contributed by atoms with Crippen LogP contribution in [0, 0.1) is 34.6 Å². The van der Waals surface area contributed by atoms with E-state index in [1.165, 1.54) is 66.0 Å². The maximum atomic E-state index is 2.60. The molecule has 0 saturated carbocycles. The van der Waals surface area contributed by atoms with Crippen LogP contribution in [0.25, 0.3) is 10.6 Å². The van der Waals surface area contributed by atoms with Crippen LogP contribution in [0.4, 0.5) is 0 Å². The molecule has 3 aliphatic rings. The third-order valence-corrected chi connectivity index (χ3v) is 10.2. The summed E-state index contributed by atoms with van der Waals surface area (Å²) in [6, 6.07) is 32.2. The van der Waals surface area contributed by atoms with E-state index in [4.69, 9.17) is 0 Å². The summed E-state index contributed by atoms with van der Waals surface area (Å²) < 4.78 is 0. The molecule has 2 bridgehead atoms. The third-order valence-electron chi connectivity index (χ3n) is 7.62. The lowest BCUT2D eigenvalue weighted by atomic mass is 9.72. The lowest BCUT2D eigenvalue weighted by Crippen LogP contribution is -2.36. The van der Waals surface area contributed by atoms with Crippen molar-refractivity contribution in [2.45, 2.75) is 40.0 Å². The van der Waals surface area contributed by atoms with Gasteiger partial charge in [0.1, 0.15) is 0 Å². The molecule has 0 N–H and O–H groups in total. The Morgan fingerprint density at radius 3 is 1.60 bits per heavy atom. The van der Waals surface area contributed by atoms with E-state index in [-0.39, 0.29) is 5.41 Å². The first-order chi connectivity index (χ1) is 16.9. The SMILES string of the molecule is Cc1ccc(C2=CC3(c4ccccc4)C=C(c4ccc(C)cc4C)P2c2ccc(C)cc23)c(C)c1.